The number of hydrogen-bond acceptors (Lipinski definition) is 5. The van der Waals surface area contributed by atoms with Crippen molar-refractivity contribution in [1.82, 2.24) is 15.3 Å². The van der Waals surface area contributed by atoms with E-state index in [-0.39, 0.29) is 5.91 Å². The zero-order chi connectivity index (χ0) is 16.1. The van der Waals surface area contributed by atoms with Gasteiger partial charge >= 0.3 is 0 Å². The monoisotopic (exact) mass is 312 g/mol. The first-order valence-electron chi connectivity index (χ1n) is 7.72. The molecular formula is C17H20N4O2. The van der Waals surface area contributed by atoms with Crippen LogP contribution in [0, 0.1) is 6.92 Å². The van der Waals surface area contributed by atoms with Gasteiger partial charge in [0.05, 0.1) is 13.2 Å². The Labute approximate surface area is 135 Å². The number of carbonyl (C=O) groups excluding carboxylic acids is 1. The summed E-state index contributed by atoms with van der Waals surface area (Å²) in [6.07, 6.45) is 1.80. The van der Waals surface area contributed by atoms with E-state index in [1.54, 1.807) is 12.3 Å². The van der Waals surface area contributed by atoms with Gasteiger partial charge in [0.2, 0.25) is 0 Å². The van der Waals surface area contributed by atoms with E-state index >= 15 is 0 Å². The molecule has 0 spiro atoms. The Morgan fingerprint density at radius 2 is 2.09 bits per heavy atom. The lowest BCUT2D eigenvalue weighted by Crippen LogP contribution is -2.36. The second-order valence-corrected chi connectivity index (χ2v) is 5.47. The van der Waals surface area contributed by atoms with Crippen LogP contribution in [-0.2, 0) is 11.3 Å². The van der Waals surface area contributed by atoms with E-state index in [1.807, 2.05) is 31.2 Å². The molecule has 2 aromatic rings. The van der Waals surface area contributed by atoms with Gasteiger partial charge in [0.15, 0.2) is 0 Å². The highest BCUT2D eigenvalue weighted by atomic mass is 16.5. The Kier molecular flexibility index (Phi) is 4.83. The maximum Gasteiger partial charge on any atom is 0.270 e. The number of hydrogen-bond donors (Lipinski definition) is 1. The lowest BCUT2D eigenvalue weighted by atomic mass is 10.2. The molecule has 0 bridgehead atoms. The van der Waals surface area contributed by atoms with Gasteiger partial charge in [-0.2, -0.15) is 0 Å². The average molecular weight is 312 g/mol. The van der Waals surface area contributed by atoms with Crippen molar-refractivity contribution in [2.24, 2.45) is 0 Å². The topological polar surface area (TPSA) is 67.4 Å². The van der Waals surface area contributed by atoms with Crippen LogP contribution in [0.15, 0.2) is 36.5 Å². The van der Waals surface area contributed by atoms with E-state index in [0.29, 0.717) is 12.2 Å². The fourth-order valence-corrected chi connectivity index (χ4v) is 2.44. The number of pyridine rings is 2. The molecule has 0 radical (unpaired) electrons. The van der Waals surface area contributed by atoms with Gasteiger partial charge in [0.1, 0.15) is 11.5 Å². The number of carbonyl (C=O) groups is 1. The van der Waals surface area contributed by atoms with Crippen molar-refractivity contribution in [1.29, 1.82) is 0 Å². The molecule has 1 aliphatic heterocycles. The summed E-state index contributed by atoms with van der Waals surface area (Å²) in [7, 11) is 0. The van der Waals surface area contributed by atoms with Crippen molar-refractivity contribution in [3.8, 4) is 0 Å². The van der Waals surface area contributed by atoms with Gasteiger partial charge in [0, 0.05) is 31.5 Å². The summed E-state index contributed by atoms with van der Waals surface area (Å²) in [5.74, 6) is 0.773. The normalized spacial score (nSPS) is 14.6. The molecule has 0 aromatic carbocycles. The molecule has 2 aromatic heterocycles. The van der Waals surface area contributed by atoms with Crippen molar-refractivity contribution in [3.05, 3.63) is 53.5 Å². The van der Waals surface area contributed by atoms with Crippen molar-refractivity contribution < 1.29 is 9.53 Å². The van der Waals surface area contributed by atoms with E-state index in [0.717, 1.165) is 43.4 Å². The largest absolute Gasteiger partial charge is 0.378 e. The number of anilines is 1. The number of amides is 1. The number of morpholine rings is 1. The number of aromatic nitrogens is 2. The summed E-state index contributed by atoms with van der Waals surface area (Å²) < 4.78 is 5.34. The van der Waals surface area contributed by atoms with Gasteiger partial charge in [-0.05, 0) is 30.7 Å². The maximum absolute atomic E-state index is 12.1. The van der Waals surface area contributed by atoms with Crippen LogP contribution in [0.4, 0.5) is 5.82 Å². The summed E-state index contributed by atoms with van der Waals surface area (Å²) in [5.41, 5.74) is 2.22. The molecule has 1 aliphatic rings. The molecular weight excluding hydrogens is 292 g/mol. The summed E-state index contributed by atoms with van der Waals surface area (Å²) in [6.45, 7) is 5.51. The molecule has 1 amide bonds. The Hall–Kier alpha value is -2.47. The minimum atomic E-state index is -0.175. The highest BCUT2D eigenvalue weighted by Crippen LogP contribution is 2.13. The van der Waals surface area contributed by atoms with Gasteiger partial charge in [-0.3, -0.25) is 4.79 Å². The first-order valence-corrected chi connectivity index (χ1v) is 7.72. The van der Waals surface area contributed by atoms with Crippen LogP contribution < -0.4 is 10.2 Å². The standard InChI is InChI=1S/C17H20N4O2/c1-13-3-2-4-15(20-13)17(22)19-12-14-5-6-16(18-11-14)21-7-9-23-10-8-21/h2-6,11H,7-10,12H2,1H3,(H,19,22). The minimum Gasteiger partial charge on any atom is -0.378 e. The third kappa shape index (κ3) is 4.04. The second kappa shape index (κ2) is 7.19. The molecule has 0 aliphatic carbocycles. The van der Waals surface area contributed by atoms with Crippen molar-refractivity contribution in [2.45, 2.75) is 13.5 Å². The van der Waals surface area contributed by atoms with Crippen LogP contribution in [0.3, 0.4) is 0 Å². The summed E-state index contributed by atoms with van der Waals surface area (Å²) in [6, 6.07) is 9.38. The Morgan fingerprint density at radius 1 is 1.26 bits per heavy atom. The number of nitrogens with zero attached hydrogens (tertiary/aromatic N) is 3. The summed E-state index contributed by atoms with van der Waals surface area (Å²) in [5, 5.41) is 2.87. The third-order valence-electron chi connectivity index (χ3n) is 3.72. The SMILES string of the molecule is Cc1cccc(C(=O)NCc2ccc(N3CCOCC3)nc2)n1. The number of nitrogens with one attached hydrogen (secondary N) is 1. The van der Waals surface area contributed by atoms with E-state index in [2.05, 4.69) is 20.2 Å². The highest BCUT2D eigenvalue weighted by Gasteiger charge is 2.12. The van der Waals surface area contributed by atoms with Gasteiger partial charge in [0.25, 0.3) is 5.91 Å². The Morgan fingerprint density at radius 3 is 2.78 bits per heavy atom. The molecule has 6 nitrogen and oxygen atoms in total. The van der Waals surface area contributed by atoms with E-state index < -0.39 is 0 Å². The third-order valence-corrected chi connectivity index (χ3v) is 3.72. The minimum absolute atomic E-state index is 0.175. The van der Waals surface area contributed by atoms with Crippen LogP contribution in [0.1, 0.15) is 21.7 Å². The van der Waals surface area contributed by atoms with Crippen LogP contribution in [0.2, 0.25) is 0 Å². The van der Waals surface area contributed by atoms with Crippen LogP contribution in [0.5, 0.6) is 0 Å². The zero-order valence-electron chi connectivity index (χ0n) is 13.2. The van der Waals surface area contributed by atoms with Crippen LogP contribution in [-0.4, -0.2) is 42.2 Å². The molecule has 0 unspecified atom stereocenters. The van der Waals surface area contributed by atoms with E-state index in [9.17, 15) is 4.79 Å². The molecule has 1 saturated heterocycles. The van der Waals surface area contributed by atoms with Gasteiger partial charge in [-0.1, -0.05) is 12.1 Å². The zero-order valence-corrected chi connectivity index (χ0v) is 13.2. The molecule has 23 heavy (non-hydrogen) atoms. The molecule has 0 atom stereocenters. The van der Waals surface area contributed by atoms with Crippen LogP contribution in [0.25, 0.3) is 0 Å². The van der Waals surface area contributed by atoms with Crippen molar-refractivity contribution in [2.75, 3.05) is 31.2 Å². The molecule has 6 heteroatoms. The fourth-order valence-electron chi connectivity index (χ4n) is 2.44. The van der Waals surface area contributed by atoms with Gasteiger partial charge < -0.3 is 15.0 Å². The quantitative estimate of drug-likeness (QED) is 0.928. The first-order chi connectivity index (χ1) is 11.2. The predicted octanol–water partition coefficient (Wildman–Crippen LogP) is 1.55. The summed E-state index contributed by atoms with van der Waals surface area (Å²) >= 11 is 0. The Balaban J connectivity index is 1.57. The van der Waals surface area contributed by atoms with Gasteiger partial charge in [-0.25, -0.2) is 9.97 Å². The second-order valence-electron chi connectivity index (χ2n) is 5.47. The summed E-state index contributed by atoms with van der Waals surface area (Å²) in [4.78, 5) is 23.0. The van der Waals surface area contributed by atoms with Gasteiger partial charge in [-0.15, -0.1) is 0 Å². The molecule has 3 heterocycles. The smallest absolute Gasteiger partial charge is 0.270 e. The number of aryl methyl sites for hydroxylation is 1. The van der Waals surface area contributed by atoms with E-state index in [1.165, 1.54) is 0 Å². The Bertz CT molecular complexity index is 667. The fraction of sp³-hybridized carbons (Fsp3) is 0.353. The first kappa shape index (κ1) is 15.4. The predicted molar refractivity (Wildman–Crippen MR) is 87.4 cm³/mol. The molecule has 120 valence electrons. The lowest BCUT2D eigenvalue weighted by molar-refractivity contribution is 0.0945. The highest BCUT2D eigenvalue weighted by molar-refractivity contribution is 5.92. The number of ether oxygens (including phenoxy) is 1. The molecule has 0 saturated carbocycles. The van der Waals surface area contributed by atoms with Crippen LogP contribution >= 0.6 is 0 Å². The molecule has 1 fully saturated rings. The molecule has 3 rings (SSSR count). The van der Waals surface area contributed by atoms with Crippen molar-refractivity contribution >= 4 is 11.7 Å². The van der Waals surface area contributed by atoms with Crippen molar-refractivity contribution in [3.63, 3.8) is 0 Å². The molecule has 1 N–H and O–H groups in total. The lowest BCUT2D eigenvalue weighted by Gasteiger charge is -2.27. The average Bonchev–Trinajstić information content (AvgIpc) is 2.61. The number of rotatable bonds is 4. The maximum atomic E-state index is 12.1. The van der Waals surface area contributed by atoms with E-state index in [4.69, 9.17) is 4.74 Å².